The van der Waals surface area contributed by atoms with E-state index in [9.17, 15) is 19.7 Å². The molecule has 2 aromatic rings. The summed E-state index contributed by atoms with van der Waals surface area (Å²) in [7, 11) is 0. The maximum absolute atomic E-state index is 12.0. The summed E-state index contributed by atoms with van der Waals surface area (Å²) in [6.45, 7) is 1.47. The third-order valence-electron chi connectivity index (χ3n) is 3.20. The van der Waals surface area contributed by atoms with Crippen LogP contribution in [0, 0.1) is 10.1 Å². The minimum atomic E-state index is -0.520. The molecule has 0 aliphatic rings. The molecule has 0 aliphatic heterocycles. The van der Waals surface area contributed by atoms with Gasteiger partial charge in [0.15, 0.2) is 13.2 Å². The summed E-state index contributed by atoms with van der Waals surface area (Å²) < 4.78 is 15.3. The number of nitrogens with one attached hydrogen (secondary N) is 1. The largest absolute Gasteiger partial charge is 0.484 e. The van der Waals surface area contributed by atoms with Crippen molar-refractivity contribution in [1.29, 1.82) is 0 Å². The lowest BCUT2D eigenvalue weighted by Crippen LogP contribution is -2.20. The Hall–Kier alpha value is -3.62. The molecule has 0 radical (unpaired) electrons. The fraction of sp³-hybridized carbons (Fsp3) is 0.222. The van der Waals surface area contributed by atoms with Crippen molar-refractivity contribution in [3.05, 3.63) is 58.6 Å². The molecule has 0 unspecified atom stereocenters. The molecule has 1 N–H and O–H groups in total. The van der Waals surface area contributed by atoms with Gasteiger partial charge in [-0.05, 0) is 31.2 Å². The topological polar surface area (TPSA) is 117 Å². The zero-order valence-electron chi connectivity index (χ0n) is 14.5. The lowest BCUT2D eigenvalue weighted by molar-refractivity contribution is -0.384. The van der Waals surface area contributed by atoms with Crippen LogP contribution in [-0.2, 0) is 14.3 Å². The normalized spacial score (nSPS) is 9.96. The lowest BCUT2D eigenvalue weighted by atomic mass is 10.3. The molecule has 0 atom stereocenters. The summed E-state index contributed by atoms with van der Waals surface area (Å²) in [5, 5.41) is 13.2. The molecule has 0 bridgehead atoms. The summed E-state index contributed by atoms with van der Waals surface area (Å²) in [6, 6.07) is 11.9. The first-order chi connectivity index (χ1) is 13.0. The number of carbonyl (C=O) groups excluding carboxylic acids is 2. The second-order valence-corrected chi connectivity index (χ2v) is 5.21. The van der Waals surface area contributed by atoms with Crippen LogP contribution in [0.2, 0.25) is 0 Å². The van der Waals surface area contributed by atoms with Gasteiger partial charge in [0.1, 0.15) is 11.5 Å². The number of hydrogen-bond donors (Lipinski definition) is 1. The van der Waals surface area contributed by atoms with Crippen LogP contribution in [0.1, 0.15) is 6.92 Å². The van der Waals surface area contributed by atoms with Crippen molar-refractivity contribution in [2.24, 2.45) is 0 Å². The third kappa shape index (κ3) is 6.65. The van der Waals surface area contributed by atoms with E-state index in [4.69, 9.17) is 14.2 Å². The van der Waals surface area contributed by atoms with Crippen molar-refractivity contribution in [3.63, 3.8) is 0 Å². The summed E-state index contributed by atoms with van der Waals surface area (Å²) in [4.78, 5) is 33.3. The molecular weight excluding hydrogens is 356 g/mol. The van der Waals surface area contributed by atoms with Crippen LogP contribution < -0.4 is 14.8 Å². The van der Waals surface area contributed by atoms with E-state index in [0.29, 0.717) is 17.2 Å². The van der Waals surface area contributed by atoms with E-state index < -0.39 is 16.8 Å². The van der Waals surface area contributed by atoms with E-state index in [1.165, 1.54) is 24.3 Å². The Bertz CT molecular complexity index is 806. The van der Waals surface area contributed by atoms with E-state index in [1.54, 1.807) is 31.2 Å². The van der Waals surface area contributed by atoms with Gasteiger partial charge in [-0.25, -0.2) is 4.79 Å². The number of ether oxygens (including phenoxy) is 3. The maximum atomic E-state index is 12.0. The van der Waals surface area contributed by atoms with Gasteiger partial charge in [-0.2, -0.15) is 0 Å². The number of non-ortho nitro benzene ring substituents is 1. The minimum Gasteiger partial charge on any atom is -0.484 e. The first-order valence-corrected chi connectivity index (χ1v) is 8.03. The van der Waals surface area contributed by atoms with Gasteiger partial charge >= 0.3 is 5.97 Å². The smallest absolute Gasteiger partial charge is 0.344 e. The number of nitrogens with zero attached hydrogens (tertiary/aromatic N) is 1. The van der Waals surface area contributed by atoms with Crippen molar-refractivity contribution in [2.45, 2.75) is 6.92 Å². The van der Waals surface area contributed by atoms with Crippen LogP contribution in [0.25, 0.3) is 0 Å². The van der Waals surface area contributed by atoms with Gasteiger partial charge < -0.3 is 19.5 Å². The second-order valence-electron chi connectivity index (χ2n) is 5.21. The lowest BCUT2D eigenvalue weighted by Gasteiger charge is -2.10. The molecule has 0 spiro atoms. The number of nitro benzene ring substituents is 1. The Morgan fingerprint density at radius 3 is 2.41 bits per heavy atom. The van der Waals surface area contributed by atoms with E-state index in [2.05, 4.69) is 5.32 Å². The predicted molar refractivity (Wildman–Crippen MR) is 95.8 cm³/mol. The van der Waals surface area contributed by atoms with Crippen LogP contribution in [0.15, 0.2) is 48.5 Å². The Balaban J connectivity index is 1.83. The fourth-order valence-corrected chi connectivity index (χ4v) is 2.02. The summed E-state index contributed by atoms with van der Waals surface area (Å²) in [5.41, 5.74) is 0.403. The number of rotatable bonds is 9. The quantitative estimate of drug-likeness (QED) is 0.407. The van der Waals surface area contributed by atoms with Gasteiger partial charge in [0.2, 0.25) is 0 Å². The zero-order chi connectivity index (χ0) is 19.6. The predicted octanol–water partition coefficient (Wildman–Crippen LogP) is 2.55. The number of amides is 1. The molecule has 27 heavy (non-hydrogen) atoms. The number of hydrogen-bond acceptors (Lipinski definition) is 7. The molecule has 0 aliphatic carbocycles. The van der Waals surface area contributed by atoms with Gasteiger partial charge in [0.05, 0.1) is 11.5 Å². The van der Waals surface area contributed by atoms with E-state index in [1.807, 2.05) is 0 Å². The number of carbonyl (C=O) groups is 2. The Kier molecular flexibility index (Phi) is 7.12. The van der Waals surface area contributed by atoms with Crippen LogP contribution in [-0.4, -0.2) is 36.6 Å². The minimum absolute atomic E-state index is 0.0635. The summed E-state index contributed by atoms with van der Waals surface area (Å²) in [6.07, 6.45) is 0. The average molecular weight is 374 g/mol. The Morgan fingerprint density at radius 2 is 1.74 bits per heavy atom. The van der Waals surface area contributed by atoms with E-state index >= 15 is 0 Å². The van der Waals surface area contributed by atoms with Crippen LogP contribution in [0.4, 0.5) is 11.4 Å². The van der Waals surface area contributed by atoms with Crippen molar-refractivity contribution in [2.75, 3.05) is 25.1 Å². The molecule has 0 saturated heterocycles. The molecule has 9 heteroatoms. The van der Waals surface area contributed by atoms with E-state index in [-0.39, 0.29) is 25.5 Å². The average Bonchev–Trinajstić information content (AvgIpc) is 2.65. The first kappa shape index (κ1) is 19.7. The fourth-order valence-electron chi connectivity index (χ4n) is 2.02. The molecule has 1 amide bonds. The standard InChI is InChI=1S/C18H18N2O7/c1-2-25-18(22)12-27-16-5-3-4-13(10-16)19-17(21)11-26-15-8-6-14(7-9-15)20(23)24/h3-10H,2,11-12H2,1H3,(H,19,21). The van der Waals surface area contributed by atoms with Crippen LogP contribution in [0.5, 0.6) is 11.5 Å². The van der Waals surface area contributed by atoms with Crippen molar-refractivity contribution in [1.82, 2.24) is 0 Å². The number of anilines is 1. The highest BCUT2D eigenvalue weighted by atomic mass is 16.6. The van der Waals surface area contributed by atoms with Crippen LogP contribution in [0.3, 0.4) is 0 Å². The number of benzene rings is 2. The highest BCUT2D eigenvalue weighted by Gasteiger charge is 2.08. The van der Waals surface area contributed by atoms with Gasteiger partial charge in [-0.3, -0.25) is 14.9 Å². The molecule has 0 fully saturated rings. The monoisotopic (exact) mass is 374 g/mol. The van der Waals surface area contributed by atoms with Crippen molar-refractivity contribution < 1.29 is 28.7 Å². The van der Waals surface area contributed by atoms with Gasteiger partial charge in [0, 0.05) is 23.9 Å². The molecule has 9 nitrogen and oxygen atoms in total. The molecule has 0 aromatic heterocycles. The van der Waals surface area contributed by atoms with Crippen molar-refractivity contribution in [3.8, 4) is 11.5 Å². The number of nitro groups is 1. The summed E-state index contributed by atoms with van der Waals surface area (Å²) in [5.74, 6) is -0.168. The molecular formula is C18H18N2O7. The van der Waals surface area contributed by atoms with Gasteiger partial charge in [-0.15, -0.1) is 0 Å². The number of esters is 1. The highest BCUT2D eigenvalue weighted by molar-refractivity contribution is 5.92. The molecule has 142 valence electrons. The molecule has 2 rings (SSSR count). The molecule has 0 saturated carbocycles. The zero-order valence-corrected chi connectivity index (χ0v) is 14.5. The Morgan fingerprint density at radius 1 is 1.04 bits per heavy atom. The Labute approximate surface area is 155 Å². The van der Waals surface area contributed by atoms with Crippen LogP contribution >= 0.6 is 0 Å². The SMILES string of the molecule is CCOC(=O)COc1cccc(NC(=O)COc2ccc([N+](=O)[O-])cc2)c1. The molecule has 2 aromatic carbocycles. The first-order valence-electron chi connectivity index (χ1n) is 8.03. The van der Waals surface area contributed by atoms with Gasteiger partial charge in [-0.1, -0.05) is 6.07 Å². The maximum Gasteiger partial charge on any atom is 0.344 e. The highest BCUT2D eigenvalue weighted by Crippen LogP contribution is 2.19. The second kappa shape index (κ2) is 9.76. The summed E-state index contributed by atoms with van der Waals surface area (Å²) >= 11 is 0. The van der Waals surface area contributed by atoms with E-state index in [0.717, 1.165) is 0 Å². The van der Waals surface area contributed by atoms with Crippen molar-refractivity contribution >= 4 is 23.3 Å². The molecule has 0 heterocycles. The van der Waals surface area contributed by atoms with Gasteiger partial charge in [0.25, 0.3) is 11.6 Å². The third-order valence-corrected chi connectivity index (χ3v) is 3.20.